The molecule has 32 heavy (non-hydrogen) atoms. The van der Waals surface area contributed by atoms with Gasteiger partial charge in [-0.3, -0.25) is 8.86 Å². The summed E-state index contributed by atoms with van der Waals surface area (Å²) in [5.41, 5.74) is 5.61. The molecule has 2 N–H and O–H groups in total. The van der Waals surface area contributed by atoms with E-state index in [1.165, 1.54) is 9.87 Å². The predicted octanol–water partition coefficient (Wildman–Crippen LogP) is 5.15. The summed E-state index contributed by atoms with van der Waals surface area (Å²) in [6.45, 7) is 1.61. The monoisotopic (exact) mass is 451 g/mol. The highest BCUT2D eigenvalue weighted by Crippen LogP contribution is 2.41. The fourth-order valence-corrected chi connectivity index (χ4v) is 4.99. The van der Waals surface area contributed by atoms with Gasteiger partial charge in [-0.25, -0.2) is 9.00 Å². The lowest BCUT2D eigenvalue weighted by atomic mass is 9.86. The third-order valence-electron chi connectivity index (χ3n) is 5.72. The molecule has 0 saturated carbocycles. The van der Waals surface area contributed by atoms with E-state index in [0.29, 0.717) is 17.9 Å². The summed E-state index contributed by atoms with van der Waals surface area (Å²) in [7, 11) is 0. The molecule has 1 aliphatic rings. The van der Waals surface area contributed by atoms with Gasteiger partial charge >= 0.3 is 5.97 Å². The van der Waals surface area contributed by atoms with Crippen molar-refractivity contribution in [3.63, 3.8) is 0 Å². The maximum atomic E-state index is 12.5. The zero-order chi connectivity index (χ0) is 22.7. The number of nitrogens with zero attached hydrogens (tertiary/aromatic N) is 1. The number of benzene rings is 3. The third-order valence-corrected chi connectivity index (χ3v) is 6.52. The van der Waals surface area contributed by atoms with Crippen LogP contribution >= 0.6 is 0 Å². The lowest BCUT2D eigenvalue weighted by molar-refractivity contribution is -0.139. The van der Waals surface area contributed by atoms with Gasteiger partial charge in [-0.15, -0.1) is 0 Å². The number of hydrogen-bond acceptors (Lipinski definition) is 3. The average molecular weight is 452 g/mol. The summed E-state index contributed by atoms with van der Waals surface area (Å²) in [6.07, 6.45) is 2.24. The van der Waals surface area contributed by atoms with Crippen molar-refractivity contribution in [1.29, 1.82) is 0 Å². The molecular weight excluding hydrogens is 426 g/mol. The van der Waals surface area contributed by atoms with Gasteiger partial charge in [-0.05, 0) is 66.6 Å². The molecule has 0 heterocycles. The Morgan fingerprint density at radius 1 is 1.09 bits per heavy atom. The maximum Gasteiger partial charge on any atom is 0.341 e. The first kappa shape index (κ1) is 22.0. The van der Waals surface area contributed by atoms with E-state index in [1.807, 2.05) is 61.5 Å². The molecule has 0 fully saturated rings. The molecule has 166 valence electrons. The molecule has 0 spiro atoms. The maximum absolute atomic E-state index is 12.5. The van der Waals surface area contributed by atoms with E-state index < -0.39 is 23.8 Å². The number of carboxylic acids is 1. The number of aliphatic carboxylic acids is 1. The number of carboxylic acid groups (broad SMARTS) is 1. The van der Waals surface area contributed by atoms with Crippen LogP contribution in [0.5, 0.6) is 5.75 Å². The van der Waals surface area contributed by atoms with Gasteiger partial charge in [0.1, 0.15) is 5.75 Å². The van der Waals surface area contributed by atoms with Crippen molar-refractivity contribution < 1.29 is 23.4 Å². The normalized spacial score (nSPS) is 16.1. The van der Waals surface area contributed by atoms with Crippen molar-refractivity contribution in [2.75, 3.05) is 10.9 Å². The molecule has 0 aromatic heterocycles. The standard InChI is InChI=1S/C25H25NO5S/c1-17-11-13-18(14-12-17)19-5-2-6-20(15-19)26(32(29)30)23-9-3-8-22-21(23)7-4-10-24(22)31-16-25(27)28/h2,4-7,10-15,23H,3,8-9,16H2,1H3,(H,27,28)(H,29,30). The van der Waals surface area contributed by atoms with Crippen molar-refractivity contribution in [2.45, 2.75) is 32.2 Å². The second-order valence-electron chi connectivity index (χ2n) is 7.89. The molecule has 0 radical (unpaired) electrons. The minimum Gasteiger partial charge on any atom is -0.482 e. The van der Waals surface area contributed by atoms with Crippen LogP contribution in [0.1, 0.15) is 35.6 Å². The Hall–Kier alpha value is -3.16. The summed E-state index contributed by atoms with van der Waals surface area (Å²) < 4.78 is 29.8. The Morgan fingerprint density at radius 3 is 2.56 bits per heavy atom. The van der Waals surface area contributed by atoms with Crippen molar-refractivity contribution >= 4 is 22.9 Å². The highest BCUT2D eigenvalue weighted by molar-refractivity contribution is 7.80. The minimum absolute atomic E-state index is 0.328. The molecule has 1 aliphatic carbocycles. The largest absolute Gasteiger partial charge is 0.482 e. The summed E-state index contributed by atoms with van der Waals surface area (Å²) in [6, 6.07) is 21.0. The Morgan fingerprint density at radius 2 is 1.84 bits per heavy atom. The SMILES string of the molecule is Cc1ccc(-c2cccc(N(C3CCCc4c(OCC(=O)O)cccc43)S(=O)O)c2)cc1. The zero-order valence-corrected chi connectivity index (χ0v) is 18.5. The molecule has 3 aromatic rings. The topological polar surface area (TPSA) is 87.1 Å². The Labute approximate surface area is 189 Å². The van der Waals surface area contributed by atoms with Crippen LogP contribution in [0.2, 0.25) is 0 Å². The Balaban J connectivity index is 1.72. The van der Waals surface area contributed by atoms with E-state index in [0.717, 1.165) is 35.1 Å². The van der Waals surface area contributed by atoms with Crippen LogP contribution in [0.25, 0.3) is 11.1 Å². The molecule has 7 heteroatoms. The van der Waals surface area contributed by atoms with E-state index in [4.69, 9.17) is 9.84 Å². The molecule has 0 amide bonds. The lowest BCUT2D eigenvalue weighted by Crippen LogP contribution is -2.33. The summed E-state index contributed by atoms with van der Waals surface area (Å²) in [5, 5.41) is 8.97. The molecule has 0 saturated heterocycles. The van der Waals surface area contributed by atoms with Crippen LogP contribution in [0.4, 0.5) is 5.69 Å². The van der Waals surface area contributed by atoms with Crippen LogP contribution in [-0.4, -0.2) is 26.4 Å². The van der Waals surface area contributed by atoms with E-state index in [-0.39, 0.29) is 6.04 Å². The van der Waals surface area contributed by atoms with Crippen LogP contribution < -0.4 is 9.04 Å². The van der Waals surface area contributed by atoms with Gasteiger partial charge in [-0.2, -0.15) is 0 Å². The zero-order valence-electron chi connectivity index (χ0n) is 17.7. The quantitative estimate of drug-likeness (QED) is 0.486. The van der Waals surface area contributed by atoms with E-state index in [9.17, 15) is 13.6 Å². The minimum atomic E-state index is -2.25. The van der Waals surface area contributed by atoms with Gasteiger partial charge in [-0.1, -0.05) is 54.1 Å². The second kappa shape index (κ2) is 9.54. The third kappa shape index (κ3) is 4.69. The van der Waals surface area contributed by atoms with Gasteiger partial charge in [0.15, 0.2) is 6.61 Å². The van der Waals surface area contributed by atoms with Gasteiger partial charge in [0.25, 0.3) is 11.3 Å². The summed E-state index contributed by atoms with van der Waals surface area (Å²) in [5.74, 6) is -0.521. The average Bonchev–Trinajstić information content (AvgIpc) is 2.78. The molecular formula is C25H25NO5S. The number of hydrogen-bond donors (Lipinski definition) is 2. The number of ether oxygens (including phenoxy) is 1. The Bertz CT molecular complexity index is 1150. The van der Waals surface area contributed by atoms with E-state index in [2.05, 4.69) is 0 Å². The molecule has 2 atom stereocenters. The first-order chi connectivity index (χ1) is 15.4. The molecule has 6 nitrogen and oxygen atoms in total. The molecule has 0 bridgehead atoms. The van der Waals surface area contributed by atoms with Crippen LogP contribution in [0.3, 0.4) is 0 Å². The first-order valence-electron chi connectivity index (χ1n) is 10.5. The molecule has 0 aliphatic heterocycles. The number of aryl methyl sites for hydroxylation is 1. The van der Waals surface area contributed by atoms with E-state index in [1.54, 1.807) is 12.1 Å². The van der Waals surface area contributed by atoms with Crippen molar-refractivity contribution in [3.8, 4) is 16.9 Å². The van der Waals surface area contributed by atoms with Crippen LogP contribution in [0.15, 0.2) is 66.7 Å². The fraction of sp³-hybridized carbons (Fsp3) is 0.240. The van der Waals surface area contributed by atoms with Crippen LogP contribution in [-0.2, 0) is 22.5 Å². The van der Waals surface area contributed by atoms with Crippen molar-refractivity contribution in [2.24, 2.45) is 0 Å². The molecule has 2 unspecified atom stereocenters. The van der Waals surface area contributed by atoms with Crippen molar-refractivity contribution in [3.05, 3.63) is 83.4 Å². The molecule has 3 aromatic carbocycles. The predicted molar refractivity (Wildman–Crippen MR) is 125 cm³/mol. The van der Waals surface area contributed by atoms with Gasteiger partial charge in [0.05, 0.1) is 11.7 Å². The van der Waals surface area contributed by atoms with Crippen LogP contribution in [0, 0.1) is 6.92 Å². The number of rotatable bonds is 7. The fourth-order valence-electron chi connectivity index (χ4n) is 4.26. The van der Waals surface area contributed by atoms with Crippen molar-refractivity contribution in [1.82, 2.24) is 0 Å². The number of carbonyl (C=O) groups is 1. The number of anilines is 1. The highest BCUT2D eigenvalue weighted by atomic mass is 32.2. The van der Waals surface area contributed by atoms with E-state index >= 15 is 0 Å². The smallest absolute Gasteiger partial charge is 0.341 e. The summed E-state index contributed by atoms with van der Waals surface area (Å²) in [4.78, 5) is 10.9. The van der Waals surface area contributed by atoms with Gasteiger partial charge in [0.2, 0.25) is 0 Å². The Kier molecular flexibility index (Phi) is 6.58. The molecule has 4 rings (SSSR count). The lowest BCUT2D eigenvalue weighted by Gasteiger charge is -2.35. The number of fused-ring (bicyclic) bond motifs is 1. The second-order valence-corrected chi connectivity index (χ2v) is 8.74. The van der Waals surface area contributed by atoms with Gasteiger partial charge in [0, 0.05) is 0 Å². The summed E-state index contributed by atoms with van der Waals surface area (Å²) >= 11 is -2.25. The highest BCUT2D eigenvalue weighted by Gasteiger charge is 2.31. The first-order valence-corrected chi connectivity index (χ1v) is 11.5. The van der Waals surface area contributed by atoms with Gasteiger partial charge < -0.3 is 9.84 Å².